The molecule has 5 heteroatoms. The Labute approximate surface area is 75.4 Å². The van der Waals surface area contributed by atoms with Gasteiger partial charge in [-0.15, -0.1) is 0 Å². The predicted molar refractivity (Wildman–Crippen MR) is 41.5 cm³/mol. The number of rotatable bonds is 1. The smallest absolute Gasteiger partial charge is 0.269 e. The van der Waals surface area contributed by atoms with Crippen molar-refractivity contribution in [3.8, 4) is 0 Å². The van der Waals surface area contributed by atoms with E-state index in [1.165, 1.54) is 12.1 Å². The summed E-state index contributed by atoms with van der Waals surface area (Å²) in [6, 6.07) is 6.16. The Kier molecular flexibility index (Phi) is 3.92. The standard InChI is InChI=1S/C6H5NO2S.ClH/c8-7(9)5-1-3-6(10)4-2-5;/h1-4,10H;1H. The summed E-state index contributed by atoms with van der Waals surface area (Å²) in [6.07, 6.45) is 0. The molecule has 0 N–H and O–H groups in total. The average Bonchev–Trinajstić information content (AvgIpc) is 1.88. The first kappa shape index (κ1) is 10.3. The quantitative estimate of drug-likeness (QED) is 0.292. The van der Waals surface area contributed by atoms with Gasteiger partial charge in [-0.25, -0.2) is 0 Å². The minimum absolute atomic E-state index is 0. The van der Waals surface area contributed by atoms with Gasteiger partial charge in [0.05, 0.1) is 4.92 Å². The van der Waals surface area contributed by atoms with Crippen molar-refractivity contribution in [1.82, 2.24) is 0 Å². The highest BCUT2D eigenvalue weighted by Gasteiger charge is 2.02. The number of nitro benzene ring substituents is 1. The van der Waals surface area contributed by atoms with Crippen LogP contribution in [0.4, 0.5) is 5.69 Å². The fraction of sp³-hybridized carbons (Fsp3) is 0. The number of nitro groups is 1. The Bertz CT molecular complexity index is 249. The van der Waals surface area contributed by atoms with Crippen LogP contribution in [0.15, 0.2) is 29.2 Å². The molecule has 1 aromatic carbocycles. The highest BCUT2D eigenvalue weighted by Crippen LogP contribution is 2.10. The molecule has 0 amide bonds. The summed E-state index contributed by atoms with van der Waals surface area (Å²) in [5.74, 6) is 0. The first-order valence-electron chi connectivity index (χ1n) is 2.66. The first-order chi connectivity index (χ1) is 4.70. The zero-order valence-electron chi connectivity index (χ0n) is 5.45. The molecule has 0 fully saturated rings. The second-order valence-corrected chi connectivity index (χ2v) is 2.38. The molecule has 11 heavy (non-hydrogen) atoms. The fourth-order valence-electron chi connectivity index (χ4n) is 0.583. The SMILES string of the molecule is O=[N+]([O-])c1ccc([SH2+])cc1.[Cl-]. The zero-order valence-corrected chi connectivity index (χ0v) is 7.21. The second-order valence-electron chi connectivity index (χ2n) is 1.80. The van der Waals surface area contributed by atoms with E-state index < -0.39 is 4.92 Å². The highest BCUT2D eigenvalue weighted by atomic mass is 35.5. The Hall–Kier alpha value is -0.740. The van der Waals surface area contributed by atoms with Crippen molar-refractivity contribution in [1.29, 1.82) is 0 Å². The van der Waals surface area contributed by atoms with Crippen LogP contribution in [0.1, 0.15) is 0 Å². The van der Waals surface area contributed by atoms with Crippen LogP contribution in [-0.4, -0.2) is 4.92 Å². The van der Waals surface area contributed by atoms with Gasteiger partial charge in [0.25, 0.3) is 5.69 Å². The molecule has 0 aliphatic rings. The molecule has 0 saturated heterocycles. The van der Waals surface area contributed by atoms with Crippen LogP contribution in [-0.2, 0) is 12.6 Å². The monoisotopic (exact) mass is 191 g/mol. The summed E-state index contributed by atoms with van der Waals surface area (Å²) in [5.41, 5.74) is 0.113. The molecule has 3 nitrogen and oxygen atoms in total. The number of hydrogen-bond acceptors (Lipinski definition) is 2. The maximum atomic E-state index is 10.1. The molecule has 0 aliphatic heterocycles. The molecule has 0 heterocycles. The summed E-state index contributed by atoms with van der Waals surface area (Å²) in [4.78, 5) is 10.5. The van der Waals surface area contributed by atoms with Crippen molar-refractivity contribution >= 4 is 18.3 Å². The third-order valence-corrected chi connectivity index (χ3v) is 1.41. The largest absolute Gasteiger partial charge is 1.00 e. The number of halogens is 1. The predicted octanol–water partition coefficient (Wildman–Crippen LogP) is -2.03. The van der Waals surface area contributed by atoms with Crippen molar-refractivity contribution in [2.24, 2.45) is 0 Å². The molecule has 1 rings (SSSR count). The van der Waals surface area contributed by atoms with Crippen LogP contribution in [0.3, 0.4) is 0 Å². The molecule has 0 spiro atoms. The maximum Gasteiger partial charge on any atom is 0.269 e. The molecule has 0 aromatic heterocycles. The van der Waals surface area contributed by atoms with Crippen LogP contribution in [0.2, 0.25) is 0 Å². The van der Waals surface area contributed by atoms with Gasteiger partial charge in [0.1, 0.15) is 0 Å². The Balaban J connectivity index is 0.000001000. The van der Waals surface area contributed by atoms with Crippen LogP contribution >= 0.6 is 0 Å². The molecule has 0 unspecified atom stereocenters. The van der Waals surface area contributed by atoms with Gasteiger partial charge in [-0.1, -0.05) is 0 Å². The van der Waals surface area contributed by atoms with Gasteiger partial charge in [0.2, 0.25) is 0 Å². The lowest BCUT2D eigenvalue weighted by atomic mass is 10.3. The van der Waals surface area contributed by atoms with E-state index in [-0.39, 0.29) is 18.1 Å². The van der Waals surface area contributed by atoms with E-state index in [0.717, 1.165) is 4.90 Å². The number of nitrogens with zero attached hydrogens (tertiary/aromatic N) is 1. The van der Waals surface area contributed by atoms with E-state index in [2.05, 4.69) is 12.6 Å². The molecule has 0 atom stereocenters. The second kappa shape index (κ2) is 4.20. The van der Waals surface area contributed by atoms with Gasteiger partial charge < -0.3 is 12.4 Å². The maximum absolute atomic E-state index is 10.1. The lowest BCUT2D eigenvalue weighted by Gasteiger charge is -1.86. The van der Waals surface area contributed by atoms with Crippen LogP contribution < -0.4 is 12.4 Å². The Morgan fingerprint density at radius 2 is 1.73 bits per heavy atom. The van der Waals surface area contributed by atoms with Crippen molar-refractivity contribution < 1.29 is 17.3 Å². The number of benzene rings is 1. The Morgan fingerprint density at radius 3 is 2.09 bits per heavy atom. The third-order valence-electron chi connectivity index (χ3n) is 1.08. The van der Waals surface area contributed by atoms with E-state index in [4.69, 9.17) is 0 Å². The van der Waals surface area contributed by atoms with E-state index in [1.54, 1.807) is 12.1 Å². The first-order valence-corrected chi connectivity index (χ1v) is 3.16. The van der Waals surface area contributed by atoms with E-state index in [9.17, 15) is 10.1 Å². The molecule has 0 aliphatic carbocycles. The molecular formula is C6H6ClNO2S. The molecule has 1 aromatic rings. The molecular weight excluding hydrogens is 186 g/mol. The highest BCUT2D eigenvalue weighted by molar-refractivity contribution is 7.58. The molecule has 60 valence electrons. The third kappa shape index (κ3) is 2.78. The van der Waals surface area contributed by atoms with Gasteiger partial charge >= 0.3 is 0 Å². The normalized spacial score (nSPS) is 8.45. The van der Waals surface area contributed by atoms with E-state index in [0.29, 0.717) is 0 Å². The lowest BCUT2D eigenvalue weighted by Crippen LogP contribution is -3.00. The van der Waals surface area contributed by atoms with Gasteiger partial charge in [0, 0.05) is 12.1 Å². The minimum Gasteiger partial charge on any atom is -1.00 e. The summed E-state index contributed by atoms with van der Waals surface area (Å²) in [7, 11) is 0. The summed E-state index contributed by atoms with van der Waals surface area (Å²) in [5, 5.41) is 10.1. The lowest BCUT2D eigenvalue weighted by molar-refractivity contribution is -0.384. The van der Waals surface area contributed by atoms with Crippen molar-refractivity contribution in [2.75, 3.05) is 0 Å². The minimum atomic E-state index is -0.425. The molecule has 0 saturated carbocycles. The number of non-ortho nitro benzene ring substituents is 1. The zero-order chi connectivity index (χ0) is 7.56. The molecule has 0 radical (unpaired) electrons. The molecule has 0 bridgehead atoms. The fourth-order valence-corrected chi connectivity index (χ4v) is 0.750. The van der Waals surface area contributed by atoms with Gasteiger partial charge in [-0.3, -0.25) is 10.1 Å². The summed E-state index contributed by atoms with van der Waals surface area (Å²) in [6.45, 7) is 0. The van der Waals surface area contributed by atoms with Crippen molar-refractivity contribution in [3.63, 3.8) is 0 Å². The van der Waals surface area contributed by atoms with Crippen LogP contribution in [0.5, 0.6) is 0 Å². The van der Waals surface area contributed by atoms with Crippen LogP contribution in [0, 0.1) is 10.1 Å². The summed E-state index contributed by atoms with van der Waals surface area (Å²) >= 11 is 3.22. The van der Waals surface area contributed by atoms with Crippen molar-refractivity contribution in [3.05, 3.63) is 34.4 Å². The Morgan fingerprint density at radius 1 is 1.27 bits per heavy atom. The topological polar surface area (TPSA) is 43.1 Å². The van der Waals surface area contributed by atoms with Gasteiger partial charge in [-0.05, 0) is 24.8 Å². The van der Waals surface area contributed by atoms with E-state index in [1.807, 2.05) is 0 Å². The average molecular weight is 192 g/mol. The van der Waals surface area contributed by atoms with Gasteiger partial charge in [-0.2, -0.15) is 0 Å². The number of hydrogen-bond donors (Lipinski definition) is 0. The van der Waals surface area contributed by atoms with E-state index >= 15 is 0 Å². The van der Waals surface area contributed by atoms with Crippen LogP contribution in [0.25, 0.3) is 0 Å². The van der Waals surface area contributed by atoms with Crippen molar-refractivity contribution in [2.45, 2.75) is 4.90 Å². The van der Waals surface area contributed by atoms with Gasteiger partial charge in [0.15, 0.2) is 4.90 Å². The summed E-state index contributed by atoms with van der Waals surface area (Å²) < 4.78 is 0.